The lowest BCUT2D eigenvalue weighted by Gasteiger charge is -2.09. The van der Waals surface area contributed by atoms with Crippen LogP contribution < -0.4 is 5.56 Å². The van der Waals surface area contributed by atoms with Gasteiger partial charge in [0, 0.05) is 46.6 Å². The van der Waals surface area contributed by atoms with E-state index in [2.05, 4.69) is 0 Å². The van der Waals surface area contributed by atoms with E-state index in [1.807, 2.05) is 17.7 Å². The number of hydrogen-bond acceptors (Lipinski definition) is 3. The maximum absolute atomic E-state index is 13.1. The van der Waals surface area contributed by atoms with Gasteiger partial charge in [0.25, 0.3) is 5.56 Å². The van der Waals surface area contributed by atoms with Crippen LogP contribution in [0.2, 0.25) is 10.0 Å². The van der Waals surface area contributed by atoms with Crippen molar-refractivity contribution in [2.75, 3.05) is 0 Å². The Morgan fingerprint density at radius 1 is 0.900 bits per heavy atom. The molecule has 0 fully saturated rings. The van der Waals surface area contributed by atoms with Gasteiger partial charge in [0.05, 0.1) is 17.0 Å². The molecular weight excluding hydrogens is 423 g/mol. The monoisotopic (exact) mass is 440 g/mol. The van der Waals surface area contributed by atoms with Crippen LogP contribution in [0.1, 0.15) is 23.7 Å². The third kappa shape index (κ3) is 3.24. The summed E-state index contributed by atoms with van der Waals surface area (Å²) in [5, 5.41) is 2.51. The molecule has 2 aromatic carbocycles. The number of halogens is 2. The first kappa shape index (κ1) is 20.4. The van der Waals surface area contributed by atoms with E-state index in [0.717, 1.165) is 21.9 Å². The summed E-state index contributed by atoms with van der Waals surface area (Å²) in [6.07, 6.45) is -0.139. The third-order valence-electron chi connectivity index (χ3n) is 5.30. The normalized spacial score (nSPS) is 11.4. The Hall–Kier alpha value is -2.89. The van der Waals surface area contributed by atoms with Crippen molar-refractivity contribution in [3.8, 4) is 11.1 Å². The Morgan fingerprint density at radius 2 is 1.63 bits per heavy atom. The van der Waals surface area contributed by atoms with Crippen LogP contribution in [-0.2, 0) is 18.9 Å². The first-order chi connectivity index (χ1) is 14.2. The molecule has 2 heterocycles. The number of fused-ring (bicyclic) bond motifs is 3. The molecule has 4 aromatic rings. The molecule has 0 saturated heterocycles. The predicted octanol–water partition coefficient (Wildman–Crippen LogP) is 5.17. The molecule has 4 rings (SSSR count). The standard InChI is InChI=1S/C23H18Cl2N2O3/c1-12(28)8-21(29)13-4-7-20-16(9-13)17-11-18(15-6-5-14(24)10-19(15)25)23(30)27(3)22(17)26(20)2/h4-7,9-11H,8H2,1-3H3. The maximum atomic E-state index is 13.1. The van der Waals surface area contributed by atoms with Gasteiger partial charge in [-0.3, -0.25) is 19.0 Å². The average molecular weight is 441 g/mol. The molecule has 0 aliphatic heterocycles. The van der Waals surface area contributed by atoms with Crippen molar-refractivity contribution in [1.29, 1.82) is 0 Å². The van der Waals surface area contributed by atoms with Gasteiger partial charge in [-0.1, -0.05) is 29.3 Å². The number of carbonyl (C=O) groups excluding carboxylic acids is 2. The van der Waals surface area contributed by atoms with Gasteiger partial charge >= 0.3 is 0 Å². The molecule has 2 aromatic heterocycles. The van der Waals surface area contributed by atoms with Crippen molar-refractivity contribution >= 4 is 56.7 Å². The van der Waals surface area contributed by atoms with E-state index in [0.29, 0.717) is 26.7 Å². The Morgan fingerprint density at radius 3 is 2.30 bits per heavy atom. The zero-order chi connectivity index (χ0) is 21.7. The van der Waals surface area contributed by atoms with E-state index in [-0.39, 0.29) is 23.5 Å². The van der Waals surface area contributed by atoms with Crippen molar-refractivity contribution < 1.29 is 9.59 Å². The van der Waals surface area contributed by atoms with Crippen LogP contribution in [0.5, 0.6) is 0 Å². The second kappa shape index (κ2) is 7.42. The Bertz CT molecular complexity index is 1430. The van der Waals surface area contributed by atoms with Crippen molar-refractivity contribution in [1.82, 2.24) is 9.13 Å². The number of aryl methyl sites for hydroxylation is 2. The topological polar surface area (TPSA) is 61.1 Å². The number of Topliss-reactive ketones (excluding diaryl/α,β-unsaturated/α-hetero) is 2. The first-order valence-corrected chi connectivity index (χ1v) is 10.0. The lowest BCUT2D eigenvalue weighted by Crippen LogP contribution is -2.20. The predicted molar refractivity (Wildman–Crippen MR) is 121 cm³/mol. The molecule has 0 amide bonds. The molecule has 0 saturated carbocycles. The van der Waals surface area contributed by atoms with E-state index >= 15 is 0 Å². The van der Waals surface area contributed by atoms with Gasteiger partial charge in [0.2, 0.25) is 0 Å². The summed E-state index contributed by atoms with van der Waals surface area (Å²) in [4.78, 5) is 36.9. The second-order valence-electron chi connectivity index (χ2n) is 7.38. The zero-order valence-corrected chi connectivity index (χ0v) is 18.1. The number of ketones is 2. The zero-order valence-electron chi connectivity index (χ0n) is 16.6. The maximum Gasteiger partial charge on any atom is 0.259 e. The number of nitrogens with zero attached hydrogens (tertiary/aromatic N) is 2. The molecule has 0 bridgehead atoms. The minimum absolute atomic E-state index is 0.139. The van der Waals surface area contributed by atoms with Gasteiger partial charge in [-0.05, 0) is 43.3 Å². The van der Waals surface area contributed by atoms with Crippen LogP contribution in [0, 0.1) is 0 Å². The fourth-order valence-corrected chi connectivity index (χ4v) is 4.40. The fourth-order valence-electron chi connectivity index (χ4n) is 3.89. The number of aromatic nitrogens is 2. The number of rotatable bonds is 4. The van der Waals surface area contributed by atoms with E-state index < -0.39 is 0 Å². The Balaban J connectivity index is 2.04. The van der Waals surface area contributed by atoms with E-state index in [1.54, 1.807) is 48.0 Å². The summed E-state index contributed by atoms with van der Waals surface area (Å²) < 4.78 is 3.49. The van der Waals surface area contributed by atoms with Crippen molar-refractivity contribution in [2.24, 2.45) is 14.1 Å². The summed E-state index contributed by atoms with van der Waals surface area (Å²) in [7, 11) is 3.58. The molecule has 5 nitrogen and oxygen atoms in total. The molecule has 152 valence electrons. The van der Waals surface area contributed by atoms with Gasteiger partial charge in [0.1, 0.15) is 11.4 Å². The highest BCUT2D eigenvalue weighted by atomic mass is 35.5. The van der Waals surface area contributed by atoms with Crippen LogP contribution in [0.15, 0.2) is 47.3 Å². The van der Waals surface area contributed by atoms with Crippen molar-refractivity contribution in [3.63, 3.8) is 0 Å². The molecule has 7 heteroatoms. The molecule has 0 radical (unpaired) electrons. The molecule has 0 unspecified atom stereocenters. The average Bonchev–Trinajstić information content (AvgIpc) is 2.96. The SMILES string of the molecule is CC(=O)CC(=O)c1ccc2c(c1)c1cc(-c3ccc(Cl)cc3Cl)c(=O)n(C)c1n2C. The smallest absolute Gasteiger partial charge is 0.259 e. The highest BCUT2D eigenvalue weighted by Gasteiger charge is 2.19. The summed E-state index contributed by atoms with van der Waals surface area (Å²) in [6.45, 7) is 1.40. The second-order valence-corrected chi connectivity index (χ2v) is 8.22. The molecule has 0 spiro atoms. The number of pyridine rings is 1. The van der Waals surface area contributed by atoms with Crippen LogP contribution >= 0.6 is 23.2 Å². The third-order valence-corrected chi connectivity index (χ3v) is 5.85. The van der Waals surface area contributed by atoms with Crippen LogP contribution in [0.4, 0.5) is 0 Å². The van der Waals surface area contributed by atoms with Gasteiger partial charge in [-0.15, -0.1) is 0 Å². The van der Waals surface area contributed by atoms with E-state index in [9.17, 15) is 14.4 Å². The summed E-state index contributed by atoms with van der Waals surface area (Å²) in [6, 6.07) is 12.1. The lowest BCUT2D eigenvalue weighted by atomic mass is 10.0. The fraction of sp³-hybridized carbons (Fsp3) is 0.174. The largest absolute Gasteiger partial charge is 0.330 e. The molecule has 0 atom stereocenters. The minimum Gasteiger partial charge on any atom is -0.330 e. The van der Waals surface area contributed by atoms with Gasteiger partial charge < -0.3 is 4.57 Å². The molecule has 0 N–H and O–H groups in total. The van der Waals surface area contributed by atoms with Gasteiger partial charge in [-0.2, -0.15) is 0 Å². The summed E-state index contributed by atoms with van der Waals surface area (Å²) >= 11 is 12.4. The Labute approximate surface area is 182 Å². The number of carbonyl (C=O) groups is 2. The van der Waals surface area contributed by atoms with Crippen molar-refractivity contribution in [3.05, 3.63) is 68.4 Å². The lowest BCUT2D eigenvalue weighted by molar-refractivity contribution is -0.116. The highest BCUT2D eigenvalue weighted by Crippen LogP contribution is 2.34. The van der Waals surface area contributed by atoms with Crippen molar-refractivity contribution in [2.45, 2.75) is 13.3 Å². The molecule has 0 aliphatic carbocycles. The van der Waals surface area contributed by atoms with Gasteiger partial charge in [0.15, 0.2) is 5.78 Å². The van der Waals surface area contributed by atoms with E-state index in [1.165, 1.54) is 6.92 Å². The van der Waals surface area contributed by atoms with E-state index in [4.69, 9.17) is 23.2 Å². The Kier molecular flexibility index (Phi) is 5.04. The van der Waals surface area contributed by atoms with Gasteiger partial charge in [-0.25, -0.2) is 0 Å². The quantitative estimate of drug-likeness (QED) is 0.325. The molecule has 30 heavy (non-hydrogen) atoms. The number of benzene rings is 2. The van der Waals surface area contributed by atoms with Crippen LogP contribution in [0.25, 0.3) is 33.1 Å². The van der Waals surface area contributed by atoms with Crippen LogP contribution in [0.3, 0.4) is 0 Å². The first-order valence-electron chi connectivity index (χ1n) is 9.29. The van der Waals surface area contributed by atoms with Crippen LogP contribution in [-0.4, -0.2) is 20.7 Å². The summed E-state index contributed by atoms with van der Waals surface area (Å²) in [5.41, 5.74) is 2.90. The number of hydrogen-bond donors (Lipinski definition) is 0. The highest BCUT2D eigenvalue weighted by molar-refractivity contribution is 6.36. The molecule has 0 aliphatic rings. The minimum atomic E-state index is -0.229. The summed E-state index contributed by atoms with van der Waals surface area (Å²) in [5.74, 6) is -0.410. The molecular formula is C23H18Cl2N2O3.